The minimum absolute atomic E-state index is 0.373. The molecule has 2 fully saturated rings. The van der Waals surface area contributed by atoms with Crippen LogP contribution in [0.1, 0.15) is 26.2 Å². The lowest BCUT2D eigenvalue weighted by Gasteiger charge is -2.38. The fraction of sp³-hybridized carbons (Fsp3) is 0.917. The summed E-state index contributed by atoms with van der Waals surface area (Å²) in [5.41, 5.74) is -0.720. The second-order valence-corrected chi connectivity index (χ2v) is 5.20. The molecule has 98 valence electrons. The molecule has 3 unspecified atom stereocenters. The lowest BCUT2D eigenvalue weighted by molar-refractivity contribution is -0.144. The van der Waals surface area contributed by atoms with Crippen LogP contribution in [0.25, 0.3) is 0 Å². The summed E-state index contributed by atoms with van der Waals surface area (Å²) in [6.45, 7) is 4.60. The van der Waals surface area contributed by atoms with E-state index in [1.165, 1.54) is 0 Å². The van der Waals surface area contributed by atoms with Gasteiger partial charge in [0.05, 0.1) is 13.2 Å². The van der Waals surface area contributed by atoms with Gasteiger partial charge in [-0.2, -0.15) is 0 Å². The van der Waals surface area contributed by atoms with Crippen molar-refractivity contribution in [3.05, 3.63) is 0 Å². The maximum absolute atomic E-state index is 11.4. The summed E-state index contributed by atoms with van der Waals surface area (Å²) >= 11 is 0. The number of nitrogens with zero attached hydrogens (tertiary/aromatic N) is 1. The molecular formula is C12H22N2O3. The Morgan fingerprint density at radius 2 is 2.35 bits per heavy atom. The van der Waals surface area contributed by atoms with Crippen molar-refractivity contribution >= 4 is 5.97 Å². The lowest BCUT2D eigenvalue weighted by atomic mass is 9.97. The highest BCUT2D eigenvalue weighted by molar-refractivity contribution is 5.79. The van der Waals surface area contributed by atoms with E-state index in [-0.39, 0.29) is 0 Å². The van der Waals surface area contributed by atoms with Crippen LogP contribution < -0.4 is 5.32 Å². The molecule has 5 heteroatoms. The van der Waals surface area contributed by atoms with E-state index in [9.17, 15) is 9.90 Å². The number of carbonyl (C=O) groups is 1. The van der Waals surface area contributed by atoms with Gasteiger partial charge in [0.15, 0.2) is 0 Å². The molecule has 1 saturated carbocycles. The van der Waals surface area contributed by atoms with Crippen molar-refractivity contribution in [1.29, 1.82) is 0 Å². The van der Waals surface area contributed by atoms with Gasteiger partial charge in [-0.05, 0) is 33.2 Å². The number of nitrogens with one attached hydrogen (secondary N) is 1. The number of likely N-dealkylation sites (N-methyl/N-ethyl adjacent to an activating group) is 1. The van der Waals surface area contributed by atoms with E-state index >= 15 is 0 Å². The van der Waals surface area contributed by atoms with Gasteiger partial charge in [0, 0.05) is 18.6 Å². The smallest absolute Gasteiger partial charge is 0.323 e. The number of ether oxygens (including phenoxy) is 1. The van der Waals surface area contributed by atoms with Crippen molar-refractivity contribution in [1.82, 2.24) is 10.2 Å². The van der Waals surface area contributed by atoms with Gasteiger partial charge in [-0.3, -0.25) is 9.69 Å². The second kappa shape index (κ2) is 4.92. The third-order valence-electron chi connectivity index (χ3n) is 4.26. The molecule has 0 amide bonds. The highest BCUT2D eigenvalue weighted by Crippen LogP contribution is 2.34. The molecule has 0 aromatic rings. The molecule has 1 aliphatic heterocycles. The molecular weight excluding hydrogens is 220 g/mol. The number of aliphatic carboxylic acids is 1. The highest BCUT2D eigenvalue weighted by atomic mass is 16.5. The first kappa shape index (κ1) is 12.8. The minimum Gasteiger partial charge on any atom is -0.480 e. The first-order valence-corrected chi connectivity index (χ1v) is 6.35. The first-order valence-electron chi connectivity index (χ1n) is 6.35. The molecule has 1 heterocycles. The monoisotopic (exact) mass is 242 g/mol. The van der Waals surface area contributed by atoms with Gasteiger partial charge in [-0.15, -0.1) is 0 Å². The van der Waals surface area contributed by atoms with E-state index in [0.717, 1.165) is 26.2 Å². The number of hydrogen-bond acceptors (Lipinski definition) is 4. The summed E-state index contributed by atoms with van der Waals surface area (Å²) in [4.78, 5) is 13.8. The largest absolute Gasteiger partial charge is 0.480 e. The molecule has 2 rings (SSSR count). The predicted octanol–water partition coefficient (Wildman–Crippen LogP) is 0.302. The summed E-state index contributed by atoms with van der Waals surface area (Å²) < 4.78 is 5.42. The fourth-order valence-electron chi connectivity index (χ4n) is 3.11. The molecule has 2 N–H and O–H groups in total. The van der Waals surface area contributed by atoms with E-state index in [1.54, 1.807) is 7.05 Å². The zero-order chi connectivity index (χ0) is 12.5. The molecule has 0 aromatic heterocycles. The summed E-state index contributed by atoms with van der Waals surface area (Å²) in [5, 5.41) is 12.3. The van der Waals surface area contributed by atoms with E-state index in [4.69, 9.17) is 4.74 Å². The van der Waals surface area contributed by atoms with Gasteiger partial charge in [-0.1, -0.05) is 0 Å². The van der Waals surface area contributed by atoms with Crippen LogP contribution in [0, 0.1) is 0 Å². The minimum atomic E-state index is -0.720. The van der Waals surface area contributed by atoms with E-state index in [0.29, 0.717) is 24.9 Å². The Hall–Kier alpha value is -0.650. The number of carboxylic acid groups (broad SMARTS) is 1. The molecule has 0 bridgehead atoms. The molecule has 2 aliphatic rings. The van der Waals surface area contributed by atoms with E-state index in [2.05, 4.69) is 17.1 Å². The molecule has 1 aliphatic carbocycles. The SMILES string of the molecule is CNC1(C(=O)O)CCC(N2CCOCC2C)C1. The van der Waals surface area contributed by atoms with Crippen LogP contribution in [0.2, 0.25) is 0 Å². The van der Waals surface area contributed by atoms with Crippen molar-refractivity contribution in [2.75, 3.05) is 26.8 Å². The molecule has 0 spiro atoms. The number of morpholine rings is 1. The average Bonchev–Trinajstić information content (AvgIpc) is 2.75. The van der Waals surface area contributed by atoms with Crippen LogP contribution in [0.4, 0.5) is 0 Å². The van der Waals surface area contributed by atoms with Gasteiger partial charge in [0.25, 0.3) is 0 Å². The highest BCUT2D eigenvalue weighted by Gasteiger charge is 2.46. The standard InChI is InChI=1S/C12H22N2O3/c1-9-8-17-6-5-14(9)10-3-4-12(7-10,13-2)11(15)16/h9-10,13H,3-8H2,1-2H3,(H,15,16). The van der Waals surface area contributed by atoms with Crippen molar-refractivity contribution in [2.45, 2.75) is 43.8 Å². The molecule has 1 saturated heterocycles. The zero-order valence-electron chi connectivity index (χ0n) is 10.6. The summed E-state index contributed by atoms with van der Waals surface area (Å²) in [6, 6.07) is 0.771. The molecule has 0 radical (unpaired) electrons. The van der Waals surface area contributed by atoms with Crippen molar-refractivity contribution in [2.24, 2.45) is 0 Å². The Balaban J connectivity index is 2.03. The molecule has 0 aromatic carbocycles. The molecule has 3 atom stereocenters. The quantitative estimate of drug-likeness (QED) is 0.745. The third kappa shape index (κ3) is 2.32. The Bertz CT molecular complexity index is 297. The van der Waals surface area contributed by atoms with Gasteiger partial charge in [-0.25, -0.2) is 0 Å². The Kier molecular flexibility index (Phi) is 3.70. The van der Waals surface area contributed by atoms with Gasteiger partial charge in [0.1, 0.15) is 5.54 Å². The van der Waals surface area contributed by atoms with Gasteiger partial charge in [0.2, 0.25) is 0 Å². The Labute approximate surface area is 102 Å². The number of carboxylic acids is 1. The average molecular weight is 242 g/mol. The maximum atomic E-state index is 11.4. The summed E-state index contributed by atoms with van der Waals surface area (Å²) in [6.07, 6.45) is 2.37. The van der Waals surface area contributed by atoms with E-state index in [1.807, 2.05) is 0 Å². The lowest BCUT2D eigenvalue weighted by Crippen LogP contribution is -2.52. The van der Waals surface area contributed by atoms with Gasteiger partial charge >= 0.3 is 5.97 Å². The Morgan fingerprint density at radius 1 is 1.59 bits per heavy atom. The van der Waals surface area contributed by atoms with Crippen molar-refractivity contribution in [3.8, 4) is 0 Å². The second-order valence-electron chi connectivity index (χ2n) is 5.20. The zero-order valence-corrected chi connectivity index (χ0v) is 10.6. The Morgan fingerprint density at radius 3 is 2.88 bits per heavy atom. The third-order valence-corrected chi connectivity index (χ3v) is 4.26. The van der Waals surface area contributed by atoms with Gasteiger partial charge < -0.3 is 15.2 Å². The first-order chi connectivity index (χ1) is 8.09. The van der Waals surface area contributed by atoms with Crippen molar-refractivity contribution in [3.63, 3.8) is 0 Å². The maximum Gasteiger partial charge on any atom is 0.323 e. The van der Waals surface area contributed by atoms with Crippen LogP contribution >= 0.6 is 0 Å². The van der Waals surface area contributed by atoms with Crippen LogP contribution in [0.15, 0.2) is 0 Å². The van der Waals surface area contributed by atoms with Crippen LogP contribution in [0.3, 0.4) is 0 Å². The van der Waals surface area contributed by atoms with Crippen LogP contribution in [-0.4, -0.2) is 60.4 Å². The predicted molar refractivity (Wildman–Crippen MR) is 64.1 cm³/mol. The molecule has 17 heavy (non-hydrogen) atoms. The number of rotatable bonds is 3. The fourth-order valence-corrected chi connectivity index (χ4v) is 3.11. The van der Waals surface area contributed by atoms with Crippen molar-refractivity contribution < 1.29 is 14.6 Å². The number of hydrogen-bond donors (Lipinski definition) is 2. The van der Waals surface area contributed by atoms with E-state index < -0.39 is 11.5 Å². The summed E-state index contributed by atoms with van der Waals surface area (Å²) in [5.74, 6) is -0.719. The summed E-state index contributed by atoms with van der Waals surface area (Å²) in [7, 11) is 1.75. The van der Waals surface area contributed by atoms with Crippen LogP contribution in [-0.2, 0) is 9.53 Å². The van der Waals surface area contributed by atoms with Crippen LogP contribution in [0.5, 0.6) is 0 Å². The molecule has 5 nitrogen and oxygen atoms in total. The topological polar surface area (TPSA) is 61.8 Å². The normalized spacial score (nSPS) is 39.4.